The molecule has 2 atom stereocenters. The standard InChI is InChI=1S/C20H21FN2O4S2/c21-15-3-5-16(6-4-15)23-13-14(12-19(23)24)20(25)22-8-7-18(17-2-1-10-28-17)29(26,27)11-9-22/h1-6,10,14,18H,7-9,11-13H2. The first-order valence-electron chi connectivity index (χ1n) is 9.45. The first-order valence-corrected chi connectivity index (χ1v) is 12.0. The zero-order valence-corrected chi connectivity index (χ0v) is 17.3. The van der Waals surface area contributed by atoms with E-state index in [1.165, 1.54) is 40.5 Å². The molecular weight excluding hydrogens is 415 g/mol. The summed E-state index contributed by atoms with van der Waals surface area (Å²) in [6, 6.07) is 9.25. The molecule has 9 heteroatoms. The number of carbonyl (C=O) groups excluding carboxylic acids is 2. The SMILES string of the molecule is O=C(C1CC(=O)N(c2ccc(F)cc2)C1)N1CCC(c2cccs2)S(=O)(=O)CC1. The Morgan fingerprint density at radius 2 is 1.90 bits per heavy atom. The van der Waals surface area contributed by atoms with Crippen molar-refractivity contribution in [1.29, 1.82) is 0 Å². The molecule has 29 heavy (non-hydrogen) atoms. The highest BCUT2D eigenvalue weighted by molar-refractivity contribution is 7.91. The molecule has 2 fully saturated rings. The molecule has 2 saturated heterocycles. The van der Waals surface area contributed by atoms with Crippen LogP contribution < -0.4 is 4.90 Å². The van der Waals surface area contributed by atoms with Gasteiger partial charge in [-0.3, -0.25) is 9.59 Å². The number of hydrogen-bond donors (Lipinski definition) is 0. The molecule has 0 aliphatic carbocycles. The van der Waals surface area contributed by atoms with Gasteiger partial charge in [-0.05, 0) is 42.1 Å². The second-order valence-corrected chi connectivity index (χ2v) is 10.6. The van der Waals surface area contributed by atoms with Crippen LogP contribution in [0.25, 0.3) is 0 Å². The number of amides is 2. The van der Waals surface area contributed by atoms with E-state index in [-0.39, 0.29) is 42.9 Å². The van der Waals surface area contributed by atoms with Gasteiger partial charge in [0.1, 0.15) is 5.82 Å². The third kappa shape index (κ3) is 4.06. The summed E-state index contributed by atoms with van der Waals surface area (Å²) in [4.78, 5) is 29.3. The van der Waals surface area contributed by atoms with E-state index in [9.17, 15) is 22.4 Å². The molecule has 0 bridgehead atoms. The van der Waals surface area contributed by atoms with Gasteiger partial charge in [-0.1, -0.05) is 6.07 Å². The minimum atomic E-state index is -3.34. The number of halogens is 1. The van der Waals surface area contributed by atoms with Crippen LogP contribution in [0.4, 0.5) is 10.1 Å². The molecule has 2 aliphatic rings. The minimum Gasteiger partial charge on any atom is -0.341 e. The molecule has 1 aromatic heterocycles. The summed E-state index contributed by atoms with van der Waals surface area (Å²) in [5.41, 5.74) is 0.558. The molecule has 3 heterocycles. The number of carbonyl (C=O) groups is 2. The third-order valence-corrected chi connectivity index (χ3v) is 8.77. The molecule has 0 saturated carbocycles. The van der Waals surface area contributed by atoms with Crippen LogP contribution in [0.3, 0.4) is 0 Å². The Kier molecular flexibility index (Phi) is 5.44. The summed E-state index contributed by atoms with van der Waals surface area (Å²) < 4.78 is 38.5. The average Bonchev–Trinajstić information content (AvgIpc) is 3.31. The fraction of sp³-hybridized carbons (Fsp3) is 0.400. The zero-order valence-electron chi connectivity index (χ0n) is 15.7. The average molecular weight is 437 g/mol. The van der Waals surface area contributed by atoms with Crippen LogP contribution in [0.5, 0.6) is 0 Å². The Bertz CT molecular complexity index is 1010. The first-order chi connectivity index (χ1) is 13.8. The van der Waals surface area contributed by atoms with Crippen LogP contribution in [0.1, 0.15) is 23.0 Å². The summed E-state index contributed by atoms with van der Waals surface area (Å²) in [6.07, 6.45) is 0.435. The Morgan fingerprint density at radius 3 is 2.59 bits per heavy atom. The lowest BCUT2D eigenvalue weighted by Gasteiger charge is -2.23. The zero-order chi connectivity index (χ0) is 20.6. The molecular formula is C20H21FN2O4S2. The van der Waals surface area contributed by atoms with Gasteiger partial charge in [0.05, 0.1) is 16.9 Å². The van der Waals surface area contributed by atoms with Gasteiger partial charge in [0, 0.05) is 36.6 Å². The van der Waals surface area contributed by atoms with Crippen molar-refractivity contribution in [2.24, 2.45) is 5.92 Å². The highest BCUT2D eigenvalue weighted by Crippen LogP contribution is 2.33. The van der Waals surface area contributed by atoms with Gasteiger partial charge < -0.3 is 9.80 Å². The maximum Gasteiger partial charge on any atom is 0.228 e. The number of hydrogen-bond acceptors (Lipinski definition) is 5. The second kappa shape index (κ2) is 7.87. The van der Waals surface area contributed by atoms with Crippen molar-refractivity contribution in [2.75, 3.05) is 30.3 Å². The molecule has 4 rings (SSSR count). The second-order valence-electron chi connectivity index (χ2n) is 7.37. The predicted molar refractivity (Wildman–Crippen MR) is 109 cm³/mol. The van der Waals surface area contributed by atoms with Crippen LogP contribution in [0.2, 0.25) is 0 Å². The van der Waals surface area contributed by atoms with E-state index in [4.69, 9.17) is 0 Å². The molecule has 154 valence electrons. The maximum atomic E-state index is 13.1. The van der Waals surface area contributed by atoms with Gasteiger partial charge in [0.15, 0.2) is 9.84 Å². The van der Waals surface area contributed by atoms with Gasteiger partial charge >= 0.3 is 0 Å². The summed E-state index contributed by atoms with van der Waals surface area (Å²) in [5.74, 6) is -1.37. The summed E-state index contributed by atoms with van der Waals surface area (Å²) >= 11 is 1.41. The molecule has 2 unspecified atom stereocenters. The first kappa shape index (κ1) is 20.0. The van der Waals surface area contributed by atoms with Crippen LogP contribution in [-0.2, 0) is 19.4 Å². The molecule has 2 aliphatic heterocycles. The van der Waals surface area contributed by atoms with E-state index in [2.05, 4.69) is 0 Å². The molecule has 2 amide bonds. The fourth-order valence-electron chi connectivity index (χ4n) is 3.96. The van der Waals surface area contributed by atoms with Gasteiger partial charge in [-0.2, -0.15) is 0 Å². The maximum absolute atomic E-state index is 13.1. The Balaban J connectivity index is 1.46. The van der Waals surface area contributed by atoms with Gasteiger partial charge in [-0.15, -0.1) is 11.3 Å². The van der Waals surface area contributed by atoms with Crippen molar-refractivity contribution in [1.82, 2.24) is 4.90 Å². The van der Waals surface area contributed by atoms with Crippen molar-refractivity contribution < 1.29 is 22.4 Å². The van der Waals surface area contributed by atoms with Crippen LogP contribution in [-0.4, -0.2) is 50.5 Å². The summed E-state index contributed by atoms with van der Waals surface area (Å²) in [6.45, 7) is 0.715. The normalized spacial score (nSPS) is 24.5. The van der Waals surface area contributed by atoms with Crippen molar-refractivity contribution in [3.8, 4) is 0 Å². The van der Waals surface area contributed by atoms with Crippen molar-refractivity contribution in [3.63, 3.8) is 0 Å². The summed E-state index contributed by atoms with van der Waals surface area (Å²) in [5, 5.41) is 1.27. The van der Waals surface area contributed by atoms with Crippen LogP contribution in [0.15, 0.2) is 41.8 Å². The van der Waals surface area contributed by atoms with E-state index in [1.807, 2.05) is 17.5 Å². The molecule has 6 nitrogen and oxygen atoms in total. The van der Waals surface area contributed by atoms with E-state index in [0.29, 0.717) is 18.7 Å². The minimum absolute atomic E-state index is 0.0772. The lowest BCUT2D eigenvalue weighted by Crippen LogP contribution is -2.39. The van der Waals surface area contributed by atoms with Crippen LogP contribution in [0, 0.1) is 11.7 Å². The highest BCUT2D eigenvalue weighted by Gasteiger charge is 2.39. The number of benzene rings is 1. The van der Waals surface area contributed by atoms with Crippen molar-refractivity contribution >= 4 is 38.7 Å². The summed E-state index contributed by atoms with van der Waals surface area (Å²) in [7, 11) is -3.34. The van der Waals surface area contributed by atoms with E-state index < -0.39 is 21.0 Å². The monoisotopic (exact) mass is 436 g/mol. The molecule has 0 radical (unpaired) electrons. The van der Waals surface area contributed by atoms with Gasteiger partial charge in [0.2, 0.25) is 11.8 Å². The van der Waals surface area contributed by atoms with Gasteiger partial charge in [-0.25, -0.2) is 12.8 Å². The topological polar surface area (TPSA) is 74.8 Å². The third-order valence-electron chi connectivity index (χ3n) is 5.53. The fourth-order valence-corrected chi connectivity index (χ4v) is 6.96. The number of rotatable bonds is 3. The number of sulfone groups is 1. The van der Waals surface area contributed by atoms with E-state index in [1.54, 1.807) is 4.90 Å². The Hall–Kier alpha value is -2.26. The predicted octanol–water partition coefficient (Wildman–Crippen LogP) is 2.63. The van der Waals surface area contributed by atoms with Crippen molar-refractivity contribution in [3.05, 3.63) is 52.5 Å². The van der Waals surface area contributed by atoms with Crippen LogP contribution >= 0.6 is 11.3 Å². The molecule has 0 N–H and O–H groups in total. The lowest BCUT2D eigenvalue weighted by atomic mass is 10.1. The van der Waals surface area contributed by atoms with E-state index >= 15 is 0 Å². The molecule has 2 aromatic rings. The number of thiophene rings is 1. The lowest BCUT2D eigenvalue weighted by molar-refractivity contribution is -0.135. The quantitative estimate of drug-likeness (QED) is 0.741. The van der Waals surface area contributed by atoms with Crippen molar-refractivity contribution in [2.45, 2.75) is 18.1 Å². The molecule has 0 spiro atoms. The highest BCUT2D eigenvalue weighted by atomic mass is 32.2. The Labute approximate surface area is 172 Å². The molecule has 1 aromatic carbocycles. The van der Waals surface area contributed by atoms with E-state index in [0.717, 1.165) is 4.88 Å². The van der Waals surface area contributed by atoms with Gasteiger partial charge in [0.25, 0.3) is 0 Å². The Morgan fingerprint density at radius 1 is 1.14 bits per heavy atom. The number of anilines is 1. The largest absolute Gasteiger partial charge is 0.341 e. The number of nitrogens with zero attached hydrogens (tertiary/aromatic N) is 2. The smallest absolute Gasteiger partial charge is 0.228 e.